The van der Waals surface area contributed by atoms with E-state index in [1.807, 2.05) is 49.6 Å². The van der Waals surface area contributed by atoms with Crippen LogP contribution < -0.4 is 5.32 Å². The van der Waals surface area contributed by atoms with Gasteiger partial charge in [0.05, 0.1) is 22.8 Å². The van der Waals surface area contributed by atoms with Crippen LogP contribution in [0.5, 0.6) is 0 Å². The normalized spacial score (nSPS) is 12.6. The average Bonchev–Trinajstić information content (AvgIpc) is 3.50. The summed E-state index contributed by atoms with van der Waals surface area (Å²) in [6.45, 7) is 3.92. The zero-order valence-corrected chi connectivity index (χ0v) is 19.6. The largest absolute Gasteiger partial charge is 0.301 e. The number of amides is 1. The zero-order chi connectivity index (χ0) is 23.7. The van der Waals surface area contributed by atoms with Crippen molar-refractivity contribution in [2.24, 2.45) is 5.41 Å². The van der Waals surface area contributed by atoms with E-state index in [1.54, 1.807) is 29.2 Å². The van der Waals surface area contributed by atoms with E-state index in [2.05, 4.69) is 33.6 Å². The molecule has 34 heavy (non-hydrogen) atoms. The second kappa shape index (κ2) is 8.83. The summed E-state index contributed by atoms with van der Waals surface area (Å²) in [6.07, 6.45) is 3.47. The van der Waals surface area contributed by atoms with Crippen molar-refractivity contribution in [2.45, 2.75) is 19.8 Å². The number of hydrogen-bond acceptors (Lipinski definition) is 4. The molecule has 0 bridgehead atoms. The van der Waals surface area contributed by atoms with Gasteiger partial charge < -0.3 is 5.32 Å². The molecule has 5 nitrogen and oxygen atoms in total. The van der Waals surface area contributed by atoms with Gasteiger partial charge in [-0.2, -0.15) is 5.10 Å². The molecular weight excluding hydrogens is 447 g/mol. The maximum atomic E-state index is 13.4. The van der Waals surface area contributed by atoms with Crippen LogP contribution in [0.25, 0.3) is 16.6 Å². The predicted octanol–water partition coefficient (Wildman–Crippen LogP) is 6.42. The molecule has 0 fully saturated rings. The molecule has 170 valence electrons. The number of nitrogens with one attached hydrogen (secondary N) is 1. The third-order valence-corrected chi connectivity index (χ3v) is 6.78. The van der Waals surface area contributed by atoms with E-state index in [4.69, 9.17) is 0 Å². The number of benzene rings is 3. The lowest BCUT2D eigenvalue weighted by atomic mass is 9.70. The van der Waals surface area contributed by atoms with Crippen molar-refractivity contribution in [1.82, 2.24) is 14.8 Å². The number of aromatic nitrogens is 3. The molecule has 0 aliphatic rings. The molecule has 0 unspecified atom stereocenters. The topological polar surface area (TPSA) is 59.8 Å². The third-order valence-electron chi connectivity index (χ3n) is 6.09. The fourth-order valence-electron chi connectivity index (χ4n) is 4.36. The summed E-state index contributed by atoms with van der Waals surface area (Å²) in [6, 6.07) is 22.4. The minimum Gasteiger partial charge on any atom is -0.301 e. The van der Waals surface area contributed by atoms with Gasteiger partial charge in [0.15, 0.2) is 5.13 Å². The van der Waals surface area contributed by atoms with Crippen molar-refractivity contribution in [2.75, 3.05) is 5.32 Å². The molecule has 1 N–H and O–H groups in total. The first kappa shape index (κ1) is 22.0. The number of nitrogens with zero attached hydrogens (tertiary/aromatic N) is 3. The number of thiazole rings is 1. The maximum absolute atomic E-state index is 13.4. The molecular formula is C27H23FN4OS. The minimum absolute atomic E-state index is 0.0987. The Labute approximate surface area is 200 Å². The lowest BCUT2D eigenvalue weighted by Gasteiger charge is -2.34. The number of carbonyl (C=O) groups excluding carboxylic acids is 1. The molecule has 5 rings (SSSR count). The molecule has 7 heteroatoms. The summed E-state index contributed by atoms with van der Waals surface area (Å²) in [7, 11) is 0. The van der Waals surface area contributed by atoms with Gasteiger partial charge in [0, 0.05) is 22.9 Å². The molecule has 0 radical (unpaired) electrons. The van der Waals surface area contributed by atoms with E-state index < -0.39 is 5.41 Å². The predicted molar refractivity (Wildman–Crippen MR) is 134 cm³/mol. The zero-order valence-electron chi connectivity index (χ0n) is 18.8. The molecule has 3 aromatic carbocycles. The van der Waals surface area contributed by atoms with Gasteiger partial charge in [-0.25, -0.2) is 14.1 Å². The Morgan fingerprint density at radius 2 is 1.79 bits per heavy atom. The quantitative estimate of drug-likeness (QED) is 0.312. The molecule has 2 aromatic heterocycles. The fraction of sp³-hybridized carbons (Fsp3) is 0.148. The highest BCUT2D eigenvalue weighted by atomic mass is 32.1. The van der Waals surface area contributed by atoms with Crippen molar-refractivity contribution in [3.05, 3.63) is 108 Å². The standard InChI is InChI=1S/C27H23FN4OS/c1-27(2,25(33)31-26-29-14-15-34-26)24(18-6-4-3-5-7-18)19-8-13-23-20(16-19)17-30-32(23)22-11-9-21(28)10-12-22/h3-17,24H,1-2H3,(H,29,31,33)/t24-/m1/s1. The fourth-order valence-corrected chi connectivity index (χ4v) is 4.89. The van der Waals surface area contributed by atoms with Crippen molar-refractivity contribution in [3.8, 4) is 5.69 Å². The Morgan fingerprint density at radius 3 is 2.50 bits per heavy atom. The van der Waals surface area contributed by atoms with Crippen LogP contribution in [0, 0.1) is 11.2 Å². The van der Waals surface area contributed by atoms with Gasteiger partial charge in [0.25, 0.3) is 0 Å². The maximum Gasteiger partial charge on any atom is 0.232 e. The molecule has 0 aliphatic heterocycles. The van der Waals surface area contributed by atoms with Gasteiger partial charge in [-0.1, -0.05) is 50.2 Å². The van der Waals surface area contributed by atoms with Crippen LogP contribution in [0.15, 0.2) is 90.6 Å². The van der Waals surface area contributed by atoms with Crippen molar-refractivity contribution in [1.29, 1.82) is 0 Å². The molecule has 2 heterocycles. The van der Waals surface area contributed by atoms with E-state index in [-0.39, 0.29) is 17.6 Å². The summed E-state index contributed by atoms with van der Waals surface area (Å²) < 4.78 is 15.2. The van der Waals surface area contributed by atoms with E-state index >= 15 is 0 Å². The Kier molecular flexibility index (Phi) is 5.71. The number of hydrogen-bond donors (Lipinski definition) is 1. The number of anilines is 1. The molecule has 1 atom stereocenters. The third kappa shape index (κ3) is 4.10. The highest BCUT2D eigenvalue weighted by Gasteiger charge is 2.39. The second-order valence-electron chi connectivity index (χ2n) is 8.71. The van der Waals surface area contributed by atoms with Crippen LogP contribution in [0.1, 0.15) is 30.9 Å². The Balaban J connectivity index is 1.57. The van der Waals surface area contributed by atoms with Crippen LogP contribution in [0.3, 0.4) is 0 Å². The lowest BCUT2D eigenvalue weighted by molar-refractivity contribution is -0.124. The average molecular weight is 471 g/mol. The van der Waals surface area contributed by atoms with Crippen LogP contribution >= 0.6 is 11.3 Å². The van der Waals surface area contributed by atoms with E-state index in [1.165, 1.54) is 23.5 Å². The molecule has 0 saturated carbocycles. The first-order valence-corrected chi connectivity index (χ1v) is 11.8. The van der Waals surface area contributed by atoms with Gasteiger partial charge in [0.1, 0.15) is 5.82 Å². The van der Waals surface area contributed by atoms with E-state index in [0.717, 1.165) is 27.7 Å². The van der Waals surface area contributed by atoms with Gasteiger partial charge in [-0.3, -0.25) is 4.79 Å². The van der Waals surface area contributed by atoms with E-state index in [0.29, 0.717) is 5.13 Å². The molecule has 0 aliphatic carbocycles. The number of carbonyl (C=O) groups is 1. The molecule has 5 aromatic rings. The highest BCUT2D eigenvalue weighted by Crippen LogP contribution is 2.42. The smallest absolute Gasteiger partial charge is 0.232 e. The molecule has 1 amide bonds. The Morgan fingerprint density at radius 1 is 1.03 bits per heavy atom. The van der Waals surface area contributed by atoms with E-state index in [9.17, 15) is 9.18 Å². The Hall–Kier alpha value is -3.84. The number of fused-ring (bicyclic) bond motifs is 1. The van der Waals surface area contributed by atoms with Crippen LogP contribution in [-0.4, -0.2) is 20.7 Å². The van der Waals surface area contributed by atoms with Gasteiger partial charge in [0.2, 0.25) is 5.91 Å². The van der Waals surface area contributed by atoms with Crippen molar-refractivity contribution in [3.63, 3.8) is 0 Å². The monoisotopic (exact) mass is 470 g/mol. The summed E-state index contributed by atoms with van der Waals surface area (Å²) in [4.78, 5) is 17.6. The molecule has 0 spiro atoms. The first-order valence-electron chi connectivity index (χ1n) is 10.9. The Bertz CT molecular complexity index is 1430. The second-order valence-corrected chi connectivity index (χ2v) is 9.60. The first-order chi connectivity index (χ1) is 16.4. The lowest BCUT2D eigenvalue weighted by Crippen LogP contribution is -2.37. The van der Waals surface area contributed by atoms with Crippen molar-refractivity contribution >= 4 is 33.3 Å². The van der Waals surface area contributed by atoms with Gasteiger partial charge in [-0.05, 0) is 47.5 Å². The number of halogens is 1. The number of rotatable bonds is 6. The van der Waals surface area contributed by atoms with Crippen LogP contribution in [0.4, 0.5) is 9.52 Å². The summed E-state index contributed by atoms with van der Waals surface area (Å²) >= 11 is 1.40. The SMILES string of the molecule is CC(C)(C(=O)Nc1nccs1)[C@H](c1ccccc1)c1ccc2c(cnn2-c2ccc(F)cc2)c1. The minimum atomic E-state index is -0.770. The van der Waals surface area contributed by atoms with Crippen LogP contribution in [0.2, 0.25) is 0 Å². The summed E-state index contributed by atoms with van der Waals surface area (Å²) in [5, 5.41) is 10.9. The van der Waals surface area contributed by atoms with Crippen molar-refractivity contribution < 1.29 is 9.18 Å². The van der Waals surface area contributed by atoms with Gasteiger partial charge in [-0.15, -0.1) is 11.3 Å². The van der Waals surface area contributed by atoms with Gasteiger partial charge >= 0.3 is 0 Å². The highest BCUT2D eigenvalue weighted by molar-refractivity contribution is 7.13. The van der Waals surface area contributed by atoms with Crippen LogP contribution in [-0.2, 0) is 4.79 Å². The summed E-state index contributed by atoms with van der Waals surface area (Å²) in [5.74, 6) is -0.586. The molecule has 0 saturated heterocycles. The summed E-state index contributed by atoms with van der Waals surface area (Å²) in [5.41, 5.74) is 2.98.